The van der Waals surface area contributed by atoms with Crippen LogP contribution in [-0.4, -0.2) is 43.0 Å². The summed E-state index contributed by atoms with van der Waals surface area (Å²) in [6.45, 7) is 1.53. The lowest BCUT2D eigenvalue weighted by Crippen LogP contribution is -2.25. The minimum Gasteiger partial charge on any atom is -0.503 e. The molecule has 0 unspecified atom stereocenters. The third kappa shape index (κ3) is 5.69. The molecule has 1 aromatic carbocycles. The van der Waals surface area contributed by atoms with Gasteiger partial charge in [0.15, 0.2) is 18.1 Å². The Morgan fingerprint density at radius 2 is 2.13 bits per heavy atom. The molecular weight excluding hydrogens is 524 g/mol. The molecule has 2 aromatic rings. The molecule has 158 valence electrons. The third-order valence-electron chi connectivity index (χ3n) is 3.78. The fourth-order valence-corrected chi connectivity index (χ4v) is 3.24. The van der Waals surface area contributed by atoms with Gasteiger partial charge < -0.3 is 19.3 Å². The molecule has 0 fully saturated rings. The number of hydrazone groups is 1. The highest BCUT2D eigenvalue weighted by atomic mass is 79.9. The van der Waals surface area contributed by atoms with Crippen LogP contribution in [0.25, 0.3) is 0 Å². The maximum atomic E-state index is 12.0. The van der Waals surface area contributed by atoms with E-state index in [1.807, 2.05) is 6.07 Å². The fraction of sp³-hybridized carbons (Fsp3) is 0.263. The van der Waals surface area contributed by atoms with Crippen molar-refractivity contribution in [1.29, 1.82) is 5.26 Å². The van der Waals surface area contributed by atoms with Crippen LogP contribution in [-0.2, 0) is 16.1 Å². The molecule has 0 aliphatic carbocycles. The molecule has 30 heavy (non-hydrogen) atoms. The Bertz CT molecular complexity index is 1020. The normalized spacial score (nSPS) is 10.7. The number of halogens is 2. The van der Waals surface area contributed by atoms with E-state index in [-0.39, 0.29) is 29.5 Å². The second kappa shape index (κ2) is 10.9. The minimum atomic E-state index is -0.546. The van der Waals surface area contributed by atoms with Crippen molar-refractivity contribution in [3.63, 3.8) is 0 Å². The van der Waals surface area contributed by atoms with E-state index in [2.05, 4.69) is 47.4 Å². The average molecular weight is 542 g/mol. The standard InChI is InChI=1S/C19H18Br2N4O5/c1-10-17(21)13(8-28-2)12(6-22)19(24-10)30-9-16(26)25-23-7-11-4-14(20)18(27)15(5-11)29-3/h4-5,7,27H,8-9H2,1-3H3,(H,25,26)/b23-7-. The van der Waals surface area contributed by atoms with Crippen molar-refractivity contribution in [2.24, 2.45) is 5.10 Å². The number of phenols is 1. The predicted octanol–water partition coefficient (Wildman–Crippen LogP) is 3.18. The number of nitriles is 1. The van der Waals surface area contributed by atoms with Gasteiger partial charge in [-0.2, -0.15) is 10.4 Å². The lowest BCUT2D eigenvalue weighted by molar-refractivity contribution is -0.123. The van der Waals surface area contributed by atoms with Crippen molar-refractivity contribution in [2.45, 2.75) is 13.5 Å². The Balaban J connectivity index is 2.06. The number of nitrogens with zero attached hydrogens (tertiary/aromatic N) is 3. The van der Waals surface area contributed by atoms with Crippen molar-refractivity contribution in [2.75, 3.05) is 20.8 Å². The van der Waals surface area contributed by atoms with Gasteiger partial charge in [-0.1, -0.05) is 0 Å². The summed E-state index contributed by atoms with van der Waals surface area (Å²) in [6.07, 6.45) is 1.38. The summed E-state index contributed by atoms with van der Waals surface area (Å²) in [5.41, 5.74) is 4.28. The van der Waals surface area contributed by atoms with Crippen LogP contribution in [0.15, 0.2) is 26.2 Å². The maximum Gasteiger partial charge on any atom is 0.278 e. The largest absolute Gasteiger partial charge is 0.503 e. The number of amides is 1. The number of aryl methyl sites for hydroxylation is 1. The van der Waals surface area contributed by atoms with Crippen LogP contribution in [0.1, 0.15) is 22.4 Å². The maximum absolute atomic E-state index is 12.0. The minimum absolute atomic E-state index is 0.0366. The molecule has 1 amide bonds. The molecule has 1 aromatic heterocycles. The Hall–Kier alpha value is -2.68. The quantitative estimate of drug-likeness (QED) is 0.388. The number of rotatable bonds is 8. The highest BCUT2D eigenvalue weighted by Crippen LogP contribution is 2.34. The molecule has 2 rings (SSSR count). The van der Waals surface area contributed by atoms with Crippen molar-refractivity contribution in [1.82, 2.24) is 10.4 Å². The molecule has 0 bridgehead atoms. The highest BCUT2D eigenvalue weighted by molar-refractivity contribution is 9.10. The summed E-state index contributed by atoms with van der Waals surface area (Å²) in [5, 5.41) is 23.1. The second-order valence-electron chi connectivity index (χ2n) is 5.85. The molecule has 11 heteroatoms. The molecule has 9 nitrogen and oxygen atoms in total. The summed E-state index contributed by atoms with van der Waals surface area (Å²) in [7, 11) is 2.94. The van der Waals surface area contributed by atoms with Crippen molar-refractivity contribution >= 4 is 44.0 Å². The zero-order chi connectivity index (χ0) is 22.3. The highest BCUT2D eigenvalue weighted by Gasteiger charge is 2.18. The lowest BCUT2D eigenvalue weighted by atomic mass is 10.1. The molecule has 1 heterocycles. The third-order valence-corrected chi connectivity index (χ3v) is 5.44. The van der Waals surface area contributed by atoms with Gasteiger partial charge in [0.25, 0.3) is 5.91 Å². The molecule has 2 N–H and O–H groups in total. The topological polar surface area (TPSA) is 126 Å². The van der Waals surface area contributed by atoms with E-state index in [1.165, 1.54) is 20.4 Å². The van der Waals surface area contributed by atoms with E-state index >= 15 is 0 Å². The average Bonchev–Trinajstić information content (AvgIpc) is 2.72. The van der Waals surface area contributed by atoms with Gasteiger partial charge in [0.1, 0.15) is 11.6 Å². The Kier molecular flexibility index (Phi) is 8.58. The van der Waals surface area contributed by atoms with Gasteiger partial charge in [0.05, 0.1) is 30.1 Å². The first kappa shape index (κ1) is 23.6. The van der Waals surface area contributed by atoms with Crippen LogP contribution in [0.2, 0.25) is 0 Å². The molecule has 0 saturated heterocycles. The molecule has 0 radical (unpaired) electrons. The summed E-state index contributed by atoms with van der Waals surface area (Å²) in [4.78, 5) is 16.3. The molecular formula is C19H18Br2N4O5. The van der Waals surface area contributed by atoms with Gasteiger partial charge in [-0.05, 0) is 56.5 Å². The second-order valence-corrected chi connectivity index (χ2v) is 7.50. The number of aromatic hydroxyl groups is 1. The van der Waals surface area contributed by atoms with Crippen molar-refractivity contribution < 1.29 is 24.1 Å². The van der Waals surface area contributed by atoms with Gasteiger partial charge in [0, 0.05) is 17.1 Å². The number of aromatic nitrogens is 1. The van der Waals surface area contributed by atoms with E-state index in [1.54, 1.807) is 19.1 Å². The Labute approximate surface area is 189 Å². The van der Waals surface area contributed by atoms with Gasteiger partial charge in [-0.25, -0.2) is 10.4 Å². The number of nitrogens with one attached hydrogen (secondary N) is 1. The van der Waals surface area contributed by atoms with Crippen LogP contribution in [0.5, 0.6) is 17.4 Å². The molecule has 0 saturated carbocycles. The van der Waals surface area contributed by atoms with Gasteiger partial charge in [0.2, 0.25) is 5.88 Å². The van der Waals surface area contributed by atoms with E-state index in [0.29, 0.717) is 25.8 Å². The summed E-state index contributed by atoms with van der Waals surface area (Å²) < 4.78 is 16.7. The Morgan fingerprint density at radius 3 is 2.77 bits per heavy atom. The monoisotopic (exact) mass is 540 g/mol. The smallest absolute Gasteiger partial charge is 0.278 e. The van der Waals surface area contributed by atoms with Crippen LogP contribution in [0, 0.1) is 18.3 Å². The van der Waals surface area contributed by atoms with Crippen molar-refractivity contribution in [3.05, 3.63) is 43.5 Å². The van der Waals surface area contributed by atoms with Crippen LogP contribution < -0.4 is 14.9 Å². The van der Waals surface area contributed by atoms with E-state index in [0.717, 1.165) is 0 Å². The number of hydrogen-bond acceptors (Lipinski definition) is 8. The number of carbonyl (C=O) groups is 1. The molecule has 0 aliphatic heterocycles. The van der Waals surface area contributed by atoms with Gasteiger partial charge in [-0.3, -0.25) is 4.79 Å². The zero-order valence-corrected chi connectivity index (χ0v) is 19.5. The number of hydrogen-bond donors (Lipinski definition) is 2. The number of ether oxygens (including phenoxy) is 3. The summed E-state index contributed by atoms with van der Waals surface area (Å²) in [6, 6.07) is 5.19. The number of phenolic OH excluding ortho intramolecular Hbond substituents is 1. The predicted molar refractivity (Wildman–Crippen MR) is 116 cm³/mol. The molecule has 0 spiro atoms. The van der Waals surface area contributed by atoms with Crippen molar-refractivity contribution in [3.8, 4) is 23.4 Å². The lowest BCUT2D eigenvalue weighted by Gasteiger charge is -2.13. The summed E-state index contributed by atoms with van der Waals surface area (Å²) >= 11 is 6.59. The van der Waals surface area contributed by atoms with E-state index in [9.17, 15) is 15.2 Å². The van der Waals surface area contributed by atoms with Gasteiger partial charge >= 0.3 is 0 Å². The first-order valence-corrected chi connectivity index (χ1v) is 10.00. The fourth-order valence-electron chi connectivity index (χ4n) is 2.38. The van der Waals surface area contributed by atoms with Crippen LogP contribution >= 0.6 is 31.9 Å². The molecule has 0 atom stereocenters. The number of methoxy groups -OCH3 is 2. The van der Waals surface area contributed by atoms with E-state index in [4.69, 9.17) is 14.2 Å². The molecule has 0 aliphatic rings. The number of pyridine rings is 1. The first-order valence-electron chi connectivity index (χ1n) is 8.41. The number of carbonyl (C=O) groups excluding carboxylic acids is 1. The Morgan fingerprint density at radius 1 is 1.40 bits per heavy atom. The van der Waals surface area contributed by atoms with Gasteiger partial charge in [-0.15, -0.1) is 0 Å². The first-order chi connectivity index (χ1) is 14.3. The van der Waals surface area contributed by atoms with E-state index < -0.39 is 12.5 Å². The zero-order valence-electron chi connectivity index (χ0n) is 16.3. The SMILES string of the molecule is COCc1c(Br)c(C)nc(OCC(=O)N/N=C\c2cc(Br)c(O)c(OC)c2)c1C#N. The van der Waals surface area contributed by atoms with Crippen LogP contribution in [0.3, 0.4) is 0 Å². The summed E-state index contributed by atoms with van der Waals surface area (Å²) in [5.74, 6) is -0.286. The number of benzene rings is 1. The van der Waals surface area contributed by atoms with Crippen LogP contribution in [0.4, 0.5) is 0 Å².